The van der Waals surface area contributed by atoms with Gasteiger partial charge in [-0.2, -0.15) is 0 Å². The topological polar surface area (TPSA) is 77.6 Å². The van der Waals surface area contributed by atoms with Gasteiger partial charge in [0.05, 0.1) is 39.2 Å². The Hall–Kier alpha value is -8.35. The van der Waals surface area contributed by atoms with Crippen molar-refractivity contribution in [2.24, 2.45) is 0 Å². The molecule has 0 aliphatic rings. The van der Waals surface area contributed by atoms with Gasteiger partial charge in [-0.1, -0.05) is 158 Å². The molecule has 0 saturated carbocycles. The Morgan fingerprint density at radius 2 is 0.836 bits per heavy atom. The van der Waals surface area contributed by atoms with Crippen molar-refractivity contribution in [3.05, 3.63) is 213 Å². The summed E-state index contributed by atoms with van der Waals surface area (Å²) in [5, 5.41) is 1.80. The van der Waals surface area contributed by atoms with Crippen LogP contribution in [0.1, 0.15) is 0 Å². The Morgan fingerprint density at radius 1 is 0.344 bits per heavy atom. The Kier molecular flexibility index (Phi) is 9.06. The molecular weight excluding hydrogens is 747 g/mol. The summed E-state index contributed by atoms with van der Waals surface area (Å²) >= 11 is 0. The molecule has 0 radical (unpaired) electrons. The molecule has 0 aliphatic carbocycles. The standard InChI is InChI=1S/C55H35N5O/c1-4-14-36(15-5-1)37-22-26-39(27-23-37)48-35-49(60-55(59-48)42-18-8-3-9-19-42)40-28-24-38(25-29-40)43-30-31-45-44(34-43)53-51(52(58-45)41-16-6-2-7-17-41)50(46-20-10-12-32-56-46)54(61-53)47-21-11-13-33-57-47/h1-35H. The van der Waals surface area contributed by atoms with E-state index < -0.39 is 0 Å². The summed E-state index contributed by atoms with van der Waals surface area (Å²) in [6.07, 6.45) is 3.60. The predicted octanol–water partition coefficient (Wildman–Crippen LogP) is 13.9. The number of aromatic nitrogens is 5. The van der Waals surface area contributed by atoms with Crippen LogP contribution in [0, 0.1) is 0 Å². The first-order valence-electron chi connectivity index (χ1n) is 20.2. The van der Waals surface area contributed by atoms with Crippen LogP contribution in [0.3, 0.4) is 0 Å². The fourth-order valence-electron chi connectivity index (χ4n) is 8.01. The molecule has 5 aromatic heterocycles. The average molecular weight is 782 g/mol. The van der Waals surface area contributed by atoms with E-state index in [1.165, 1.54) is 5.56 Å². The predicted molar refractivity (Wildman–Crippen MR) is 246 cm³/mol. The number of benzene rings is 6. The SMILES string of the molecule is c1ccc(-c2ccc(-c3cc(-c4ccc(-c5ccc6nc(-c7ccccc7)c7c(-c8ccccn8)c(-c8ccccn8)oc7c6c5)cc4)nc(-c4ccccc4)n3)cc2)cc1. The summed E-state index contributed by atoms with van der Waals surface area (Å²) in [5.74, 6) is 1.33. The molecule has 6 nitrogen and oxygen atoms in total. The first-order valence-corrected chi connectivity index (χ1v) is 20.2. The highest BCUT2D eigenvalue weighted by atomic mass is 16.3. The summed E-state index contributed by atoms with van der Waals surface area (Å²) in [5.41, 5.74) is 14.9. The van der Waals surface area contributed by atoms with Crippen LogP contribution in [0.4, 0.5) is 0 Å². The van der Waals surface area contributed by atoms with Gasteiger partial charge in [-0.25, -0.2) is 15.0 Å². The highest BCUT2D eigenvalue weighted by Gasteiger charge is 2.26. The van der Waals surface area contributed by atoms with E-state index in [-0.39, 0.29) is 0 Å². The number of pyridine rings is 3. The number of rotatable bonds is 8. The summed E-state index contributed by atoms with van der Waals surface area (Å²) in [6.45, 7) is 0. The third kappa shape index (κ3) is 6.82. The fraction of sp³-hybridized carbons (Fsp3) is 0. The maximum absolute atomic E-state index is 6.95. The van der Waals surface area contributed by atoms with Crippen LogP contribution in [0.5, 0.6) is 0 Å². The number of fused-ring (bicyclic) bond motifs is 3. The molecule has 11 rings (SSSR count). The molecule has 6 aromatic carbocycles. The zero-order valence-electron chi connectivity index (χ0n) is 32.9. The maximum Gasteiger partial charge on any atom is 0.163 e. The summed E-state index contributed by atoms with van der Waals surface area (Å²) in [4.78, 5) is 25.0. The second-order valence-corrected chi connectivity index (χ2v) is 14.8. The van der Waals surface area contributed by atoms with Gasteiger partial charge in [0.1, 0.15) is 11.3 Å². The Morgan fingerprint density at radius 3 is 1.43 bits per heavy atom. The van der Waals surface area contributed by atoms with Gasteiger partial charge >= 0.3 is 0 Å². The number of furan rings is 1. The number of hydrogen-bond acceptors (Lipinski definition) is 6. The zero-order chi connectivity index (χ0) is 40.5. The lowest BCUT2D eigenvalue weighted by Crippen LogP contribution is -1.96. The van der Waals surface area contributed by atoms with Crippen molar-refractivity contribution < 1.29 is 4.42 Å². The molecule has 0 unspecified atom stereocenters. The molecule has 11 aromatic rings. The molecule has 0 fully saturated rings. The lowest BCUT2D eigenvalue weighted by Gasteiger charge is -2.11. The van der Waals surface area contributed by atoms with E-state index in [2.05, 4.69) is 121 Å². The minimum atomic E-state index is 0.654. The number of hydrogen-bond donors (Lipinski definition) is 0. The zero-order valence-corrected chi connectivity index (χ0v) is 32.9. The molecule has 0 atom stereocenters. The van der Waals surface area contributed by atoms with Crippen LogP contribution in [0.15, 0.2) is 217 Å². The van der Waals surface area contributed by atoms with Gasteiger partial charge in [-0.05, 0) is 64.7 Å². The molecule has 61 heavy (non-hydrogen) atoms. The van der Waals surface area contributed by atoms with Gasteiger partial charge in [0.25, 0.3) is 0 Å². The van der Waals surface area contributed by atoms with E-state index in [0.717, 1.165) is 94.8 Å². The van der Waals surface area contributed by atoms with E-state index in [4.69, 9.17) is 29.3 Å². The van der Waals surface area contributed by atoms with Crippen molar-refractivity contribution in [3.63, 3.8) is 0 Å². The van der Waals surface area contributed by atoms with Crippen molar-refractivity contribution in [1.82, 2.24) is 24.9 Å². The molecule has 0 amide bonds. The van der Waals surface area contributed by atoms with Crippen LogP contribution in [-0.2, 0) is 0 Å². The summed E-state index contributed by atoms with van der Waals surface area (Å²) in [7, 11) is 0. The molecular formula is C55H35N5O. The van der Waals surface area contributed by atoms with Gasteiger partial charge in [-0.3, -0.25) is 9.97 Å². The smallest absolute Gasteiger partial charge is 0.163 e. The van der Waals surface area contributed by atoms with E-state index in [9.17, 15) is 0 Å². The van der Waals surface area contributed by atoms with Crippen LogP contribution >= 0.6 is 0 Å². The molecule has 286 valence electrons. The van der Waals surface area contributed by atoms with Crippen molar-refractivity contribution in [2.75, 3.05) is 0 Å². The minimum absolute atomic E-state index is 0.654. The van der Waals surface area contributed by atoms with Crippen molar-refractivity contribution in [3.8, 4) is 90.1 Å². The Bertz CT molecular complexity index is 3300. The first-order chi connectivity index (χ1) is 30.2. The second-order valence-electron chi connectivity index (χ2n) is 14.8. The monoisotopic (exact) mass is 781 g/mol. The Balaban J connectivity index is 1.02. The van der Waals surface area contributed by atoms with Gasteiger partial charge in [0.15, 0.2) is 11.6 Å². The molecule has 0 aliphatic heterocycles. The highest BCUT2D eigenvalue weighted by Crippen LogP contribution is 2.46. The quantitative estimate of drug-likeness (QED) is 0.153. The van der Waals surface area contributed by atoms with Gasteiger partial charge in [0, 0.05) is 40.0 Å². The normalized spacial score (nSPS) is 11.3. The minimum Gasteiger partial charge on any atom is -0.453 e. The Labute approximate surface area is 352 Å². The highest BCUT2D eigenvalue weighted by molar-refractivity contribution is 6.16. The van der Waals surface area contributed by atoms with Crippen LogP contribution in [0.2, 0.25) is 0 Å². The maximum atomic E-state index is 6.95. The third-order valence-corrected chi connectivity index (χ3v) is 11.0. The van der Waals surface area contributed by atoms with Gasteiger partial charge in [-0.15, -0.1) is 0 Å². The lowest BCUT2D eigenvalue weighted by molar-refractivity contribution is 0.632. The third-order valence-electron chi connectivity index (χ3n) is 11.0. The van der Waals surface area contributed by atoms with Crippen LogP contribution in [0.25, 0.3) is 112 Å². The summed E-state index contributed by atoms with van der Waals surface area (Å²) in [6, 6.07) is 68.2. The fourth-order valence-corrected chi connectivity index (χ4v) is 8.01. The van der Waals surface area contributed by atoms with E-state index in [1.807, 2.05) is 85.1 Å². The van der Waals surface area contributed by atoms with E-state index in [0.29, 0.717) is 11.6 Å². The van der Waals surface area contributed by atoms with Crippen LogP contribution < -0.4 is 0 Å². The average Bonchev–Trinajstić information content (AvgIpc) is 3.76. The van der Waals surface area contributed by atoms with Crippen molar-refractivity contribution in [2.45, 2.75) is 0 Å². The van der Waals surface area contributed by atoms with Crippen molar-refractivity contribution >= 4 is 21.9 Å². The molecule has 5 heterocycles. The van der Waals surface area contributed by atoms with Gasteiger partial charge in [0.2, 0.25) is 0 Å². The first kappa shape index (κ1) is 35.8. The lowest BCUT2D eigenvalue weighted by atomic mass is 9.96. The van der Waals surface area contributed by atoms with Crippen LogP contribution in [-0.4, -0.2) is 24.9 Å². The molecule has 0 bridgehead atoms. The van der Waals surface area contributed by atoms with E-state index >= 15 is 0 Å². The molecule has 6 heteroatoms. The van der Waals surface area contributed by atoms with E-state index in [1.54, 1.807) is 6.20 Å². The molecule has 0 spiro atoms. The largest absolute Gasteiger partial charge is 0.453 e. The summed E-state index contributed by atoms with van der Waals surface area (Å²) < 4.78 is 6.95. The molecule has 0 saturated heterocycles. The van der Waals surface area contributed by atoms with Crippen molar-refractivity contribution in [1.29, 1.82) is 0 Å². The molecule has 0 N–H and O–H groups in total. The number of nitrogens with zero attached hydrogens (tertiary/aromatic N) is 5. The van der Waals surface area contributed by atoms with Gasteiger partial charge < -0.3 is 4.42 Å². The second kappa shape index (κ2) is 15.4.